The molecule has 0 aliphatic carbocycles. The number of nitrogens with zero attached hydrogens (tertiary/aromatic N) is 2. The van der Waals surface area contributed by atoms with Gasteiger partial charge in [-0.15, -0.1) is 0 Å². The first-order valence-corrected chi connectivity index (χ1v) is 6.97. The minimum atomic E-state index is -3.09. The number of hydrogen-bond acceptors (Lipinski definition) is 6. The Morgan fingerprint density at radius 1 is 1.39 bits per heavy atom. The van der Waals surface area contributed by atoms with Crippen LogP contribution in [0.15, 0.2) is 28.4 Å². The zero-order chi connectivity index (χ0) is 13.8. The molecule has 0 unspecified atom stereocenters. The Kier molecular flexibility index (Phi) is 4.38. The van der Waals surface area contributed by atoms with E-state index in [1.165, 1.54) is 12.1 Å². The van der Waals surface area contributed by atoms with E-state index in [2.05, 4.69) is 10.2 Å². The van der Waals surface area contributed by atoms with Crippen molar-refractivity contribution in [2.24, 2.45) is 10.2 Å². The molecule has 2 N–H and O–H groups in total. The smallest absolute Gasteiger partial charge is 0.339 e. The summed E-state index contributed by atoms with van der Waals surface area (Å²) in [5, 5.41) is 25.3. The Balaban J connectivity index is 2.77. The van der Waals surface area contributed by atoms with E-state index in [1.54, 1.807) is 0 Å². The summed E-state index contributed by atoms with van der Waals surface area (Å²) >= 11 is 0. The fourth-order valence-electron chi connectivity index (χ4n) is 1.10. The third-order valence-electron chi connectivity index (χ3n) is 1.96. The van der Waals surface area contributed by atoms with Gasteiger partial charge in [0.2, 0.25) is 0 Å². The molecule has 1 aromatic rings. The molecule has 8 heteroatoms. The molecule has 0 amide bonds. The van der Waals surface area contributed by atoms with Crippen LogP contribution >= 0.6 is 0 Å². The highest BCUT2D eigenvalue weighted by Gasteiger charge is 2.09. The van der Waals surface area contributed by atoms with Crippen LogP contribution in [0.2, 0.25) is 0 Å². The molecular formula is C10H12N2O5S. The SMILES string of the molecule is CS(=O)(=O)CCN=Nc1ccc(O)c(C(=O)O)c1. The first kappa shape index (κ1) is 14.1. The van der Waals surface area contributed by atoms with Crippen LogP contribution in [0.4, 0.5) is 5.69 Å². The lowest BCUT2D eigenvalue weighted by Gasteiger charge is -1.99. The van der Waals surface area contributed by atoms with Gasteiger partial charge in [-0.3, -0.25) is 0 Å². The van der Waals surface area contributed by atoms with E-state index in [-0.39, 0.29) is 29.3 Å². The van der Waals surface area contributed by atoms with Gasteiger partial charge in [0.15, 0.2) is 0 Å². The van der Waals surface area contributed by atoms with Gasteiger partial charge in [-0.25, -0.2) is 13.2 Å². The average Bonchev–Trinajstić information content (AvgIpc) is 2.24. The molecule has 0 spiro atoms. The number of carboxylic acids is 1. The van der Waals surface area contributed by atoms with Crippen LogP contribution in [0.5, 0.6) is 5.75 Å². The minimum absolute atomic E-state index is 0.00210. The number of carboxylic acid groups (broad SMARTS) is 1. The second-order valence-electron chi connectivity index (χ2n) is 3.60. The maximum Gasteiger partial charge on any atom is 0.339 e. The van der Waals surface area contributed by atoms with Crippen LogP contribution in [0.1, 0.15) is 10.4 Å². The summed E-state index contributed by atoms with van der Waals surface area (Å²) in [5.41, 5.74) is -0.0479. The molecule has 0 fully saturated rings. The summed E-state index contributed by atoms with van der Waals surface area (Å²) in [5.74, 6) is -1.77. The number of rotatable bonds is 5. The summed E-state index contributed by atoms with van der Waals surface area (Å²) in [6.07, 6.45) is 1.09. The zero-order valence-corrected chi connectivity index (χ0v) is 10.4. The molecule has 0 atom stereocenters. The number of sulfone groups is 1. The number of aromatic carboxylic acids is 1. The summed E-state index contributed by atoms with van der Waals surface area (Å²) in [6, 6.07) is 3.72. The van der Waals surface area contributed by atoms with Crippen LogP contribution in [0.3, 0.4) is 0 Å². The van der Waals surface area contributed by atoms with Crippen LogP contribution in [0, 0.1) is 0 Å². The highest BCUT2D eigenvalue weighted by Crippen LogP contribution is 2.23. The Labute approximate surface area is 104 Å². The van der Waals surface area contributed by atoms with Crippen molar-refractivity contribution in [2.75, 3.05) is 18.6 Å². The van der Waals surface area contributed by atoms with Crippen molar-refractivity contribution in [1.29, 1.82) is 0 Å². The standard InChI is InChI=1S/C10H12N2O5S/c1-18(16,17)5-4-11-12-7-2-3-9(13)8(6-7)10(14)15/h2-3,6,13H,4-5H2,1H3,(H,14,15). The summed E-state index contributed by atoms with van der Waals surface area (Å²) in [4.78, 5) is 10.7. The molecule has 0 aliphatic rings. The van der Waals surface area contributed by atoms with Gasteiger partial charge in [-0.2, -0.15) is 10.2 Å². The van der Waals surface area contributed by atoms with Crippen molar-refractivity contribution < 1.29 is 23.4 Å². The van der Waals surface area contributed by atoms with Crippen molar-refractivity contribution in [3.63, 3.8) is 0 Å². The Bertz CT molecular complexity index is 580. The lowest BCUT2D eigenvalue weighted by Crippen LogP contribution is -2.05. The van der Waals surface area contributed by atoms with Crippen molar-refractivity contribution in [3.05, 3.63) is 23.8 Å². The maximum absolute atomic E-state index is 10.8. The normalized spacial score (nSPS) is 11.8. The molecule has 0 radical (unpaired) electrons. The van der Waals surface area contributed by atoms with Crippen LogP contribution in [-0.4, -0.2) is 43.2 Å². The highest BCUT2D eigenvalue weighted by molar-refractivity contribution is 7.90. The van der Waals surface area contributed by atoms with Gasteiger partial charge < -0.3 is 10.2 Å². The Hall–Kier alpha value is -1.96. The predicted octanol–water partition coefficient (Wildman–Crippen LogP) is 1.22. The second kappa shape index (κ2) is 5.58. The number of benzene rings is 1. The van der Waals surface area contributed by atoms with Crippen LogP contribution < -0.4 is 0 Å². The molecule has 0 aromatic heterocycles. The van der Waals surface area contributed by atoms with Gasteiger partial charge in [-0.05, 0) is 18.2 Å². The van der Waals surface area contributed by atoms with Crippen LogP contribution in [0.25, 0.3) is 0 Å². The Morgan fingerprint density at radius 3 is 2.61 bits per heavy atom. The zero-order valence-electron chi connectivity index (χ0n) is 9.57. The number of azo groups is 1. The number of aromatic hydroxyl groups is 1. The largest absolute Gasteiger partial charge is 0.507 e. The fraction of sp³-hybridized carbons (Fsp3) is 0.300. The summed E-state index contributed by atoms with van der Waals surface area (Å²) in [6.45, 7) is 0.00210. The van der Waals surface area contributed by atoms with Gasteiger partial charge >= 0.3 is 5.97 Å². The van der Waals surface area contributed by atoms with E-state index in [1.807, 2.05) is 0 Å². The van der Waals surface area contributed by atoms with Crippen LogP contribution in [-0.2, 0) is 9.84 Å². The van der Waals surface area contributed by atoms with Crippen molar-refractivity contribution in [3.8, 4) is 5.75 Å². The van der Waals surface area contributed by atoms with E-state index in [0.717, 1.165) is 12.3 Å². The average molecular weight is 272 g/mol. The molecule has 1 rings (SSSR count). The molecule has 0 bridgehead atoms. The molecule has 18 heavy (non-hydrogen) atoms. The number of phenols is 1. The van der Waals surface area contributed by atoms with Crippen molar-refractivity contribution in [1.82, 2.24) is 0 Å². The van der Waals surface area contributed by atoms with E-state index < -0.39 is 15.8 Å². The topological polar surface area (TPSA) is 116 Å². The van der Waals surface area contributed by atoms with E-state index in [0.29, 0.717) is 0 Å². The Morgan fingerprint density at radius 2 is 2.06 bits per heavy atom. The second-order valence-corrected chi connectivity index (χ2v) is 5.86. The first-order valence-electron chi connectivity index (χ1n) is 4.91. The summed E-state index contributed by atoms with van der Waals surface area (Å²) in [7, 11) is -3.09. The van der Waals surface area contributed by atoms with Crippen molar-refractivity contribution >= 4 is 21.5 Å². The van der Waals surface area contributed by atoms with Crippen molar-refractivity contribution in [2.45, 2.75) is 0 Å². The molecule has 0 aliphatic heterocycles. The predicted molar refractivity (Wildman–Crippen MR) is 64.2 cm³/mol. The molecular weight excluding hydrogens is 260 g/mol. The maximum atomic E-state index is 10.8. The summed E-state index contributed by atoms with van der Waals surface area (Å²) < 4.78 is 21.6. The fourth-order valence-corrected chi connectivity index (χ4v) is 1.51. The van der Waals surface area contributed by atoms with Gasteiger partial charge in [0.25, 0.3) is 0 Å². The van der Waals surface area contributed by atoms with Gasteiger partial charge in [0, 0.05) is 6.26 Å². The quantitative estimate of drug-likeness (QED) is 0.781. The number of hydrogen-bond donors (Lipinski definition) is 2. The third-order valence-corrected chi connectivity index (χ3v) is 2.88. The minimum Gasteiger partial charge on any atom is -0.507 e. The van der Waals surface area contributed by atoms with Gasteiger partial charge in [-0.1, -0.05) is 0 Å². The van der Waals surface area contributed by atoms with E-state index in [9.17, 15) is 18.3 Å². The van der Waals surface area contributed by atoms with Gasteiger partial charge in [0.05, 0.1) is 18.0 Å². The number of carbonyl (C=O) groups is 1. The monoisotopic (exact) mass is 272 g/mol. The first-order chi connectivity index (χ1) is 8.29. The van der Waals surface area contributed by atoms with E-state index >= 15 is 0 Å². The molecule has 7 nitrogen and oxygen atoms in total. The lowest BCUT2D eigenvalue weighted by molar-refractivity contribution is 0.0693. The van der Waals surface area contributed by atoms with Gasteiger partial charge in [0.1, 0.15) is 21.2 Å². The lowest BCUT2D eigenvalue weighted by atomic mass is 10.2. The molecule has 0 saturated heterocycles. The molecule has 0 saturated carbocycles. The molecule has 0 heterocycles. The molecule has 1 aromatic carbocycles. The third kappa shape index (κ3) is 4.50. The molecule has 98 valence electrons. The van der Waals surface area contributed by atoms with E-state index in [4.69, 9.17) is 5.11 Å². The highest BCUT2D eigenvalue weighted by atomic mass is 32.2.